The van der Waals surface area contributed by atoms with Gasteiger partial charge in [-0.05, 0) is 32.6 Å². The van der Waals surface area contributed by atoms with Crippen molar-refractivity contribution in [3.63, 3.8) is 0 Å². The third kappa shape index (κ3) is 2.79. The average Bonchev–Trinajstić information content (AvgIpc) is 3.08. The molecule has 6 heteroatoms. The molecule has 2 aliphatic rings. The molecule has 0 aromatic rings. The van der Waals surface area contributed by atoms with Gasteiger partial charge in [0, 0.05) is 26.7 Å². The maximum Gasteiger partial charge on any atom is 0.193 e. The fourth-order valence-corrected chi connectivity index (χ4v) is 3.58. The molecule has 2 rings (SSSR count). The van der Waals surface area contributed by atoms with E-state index in [0.29, 0.717) is 13.1 Å². The van der Waals surface area contributed by atoms with Gasteiger partial charge in [0.25, 0.3) is 0 Å². The molecule has 1 aliphatic heterocycles. The molecule has 1 N–H and O–H groups in total. The van der Waals surface area contributed by atoms with Crippen LogP contribution in [0.1, 0.15) is 26.7 Å². The van der Waals surface area contributed by atoms with Crippen LogP contribution in [-0.4, -0.2) is 56.5 Å². The Kier molecular flexibility index (Phi) is 3.58. The molecule has 0 amide bonds. The highest BCUT2D eigenvalue weighted by atomic mass is 32.2. The summed E-state index contributed by atoms with van der Waals surface area (Å²) in [6, 6.07) is 0. The smallest absolute Gasteiger partial charge is 0.193 e. The van der Waals surface area contributed by atoms with Crippen LogP contribution in [0, 0.1) is 5.92 Å². The van der Waals surface area contributed by atoms with Crippen molar-refractivity contribution < 1.29 is 8.42 Å². The average molecular weight is 273 g/mol. The van der Waals surface area contributed by atoms with Crippen LogP contribution in [0.4, 0.5) is 0 Å². The van der Waals surface area contributed by atoms with Crippen molar-refractivity contribution in [1.82, 2.24) is 10.2 Å². The molecule has 2 fully saturated rings. The fraction of sp³-hybridized carbons (Fsp3) is 0.917. The predicted octanol–water partition coefficient (Wildman–Crippen LogP) is 0.481. The molecule has 18 heavy (non-hydrogen) atoms. The Hall–Kier alpha value is -0.780. The minimum Gasteiger partial charge on any atom is -0.356 e. The van der Waals surface area contributed by atoms with Gasteiger partial charge in [0.05, 0.1) is 10.5 Å². The van der Waals surface area contributed by atoms with Gasteiger partial charge < -0.3 is 10.2 Å². The van der Waals surface area contributed by atoms with Crippen molar-refractivity contribution >= 4 is 15.8 Å². The first-order valence-electron chi connectivity index (χ1n) is 6.53. The quantitative estimate of drug-likeness (QED) is 0.587. The first-order valence-corrected chi connectivity index (χ1v) is 8.19. The lowest BCUT2D eigenvalue weighted by atomic mass is 10.2. The minimum atomic E-state index is -2.98. The molecule has 0 aromatic heterocycles. The Labute approximate surface area is 110 Å². The highest BCUT2D eigenvalue weighted by molar-refractivity contribution is 7.92. The van der Waals surface area contributed by atoms with Crippen LogP contribution in [0.25, 0.3) is 0 Å². The Balaban J connectivity index is 2.00. The van der Waals surface area contributed by atoms with Crippen LogP contribution in [-0.2, 0) is 9.84 Å². The van der Waals surface area contributed by atoms with Gasteiger partial charge in [-0.1, -0.05) is 0 Å². The van der Waals surface area contributed by atoms with E-state index in [9.17, 15) is 8.42 Å². The summed E-state index contributed by atoms with van der Waals surface area (Å²) in [5.74, 6) is 1.83. The molecule has 0 unspecified atom stereocenters. The van der Waals surface area contributed by atoms with E-state index in [1.165, 1.54) is 12.8 Å². The highest BCUT2D eigenvalue weighted by Gasteiger charge is 2.41. The minimum absolute atomic E-state index is 0.212. The molecule has 1 aliphatic carbocycles. The number of nitrogens with one attached hydrogen (secondary N) is 1. The molecule has 1 saturated carbocycles. The van der Waals surface area contributed by atoms with Crippen LogP contribution in [0.3, 0.4) is 0 Å². The van der Waals surface area contributed by atoms with E-state index in [4.69, 9.17) is 0 Å². The lowest BCUT2D eigenvalue weighted by Crippen LogP contribution is -2.57. The summed E-state index contributed by atoms with van der Waals surface area (Å²) in [7, 11) is -1.22. The summed E-state index contributed by atoms with van der Waals surface area (Å²) < 4.78 is 23.2. The normalized spacial score (nSPS) is 27.1. The van der Waals surface area contributed by atoms with Gasteiger partial charge in [0.1, 0.15) is 0 Å². The van der Waals surface area contributed by atoms with Crippen LogP contribution < -0.4 is 5.32 Å². The van der Waals surface area contributed by atoms with E-state index in [1.54, 1.807) is 20.9 Å². The van der Waals surface area contributed by atoms with Gasteiger partial charge in [-0.3, -0.25) is 4.99 Å². The van der Waals surface area contributed by atoms with Gasteiger partial charge >= 0.3 is 0 Å². The Morgan fingerprint density at radius 2 is 2.11 bits per heavy atom. The molecule has 1 saturated heterocycles. The van der Waals surface area contributed by atoms with Crippen molar-refractivity contribution in [2.24, 2.45) is 10.9 Å². The van der Waals surface area contributed by atoms with E-state index < -0.39 is 14.6 Å². The number of rotatable bonds is 2. The molecule has 104 valence electrons. The van der Waals surface area contributed by atoms with E-state index in [-0.39, 0.29) is 5.75 Å². The topological polar surface area (TPSA) is 61.8 Å². The zero-order valence-electron chi connectivity index (χ0n) is 11.4. The van der Waals surface area contributed by atoms with Gasteiger partial charge in [-0.2, -0.15) is 0 Å². The first-order chi connectivity index (χ1) is 8.36. The van der Waals surface area contributed by atoms with Crippen molar-refractivity contribution in [3.8, 4) is 0 Å². The maximum atomic E-state index is 11.9. The maximum absolute atomic E-state index is 11.9. The van der Waals surface area contributed by atoms with Crippen molar-refractivity contribution in [2.45, 2.75) is 31.4 Å². The molecule has 0 aromatic carbocycles. The van der Waals surface area contributed by atoms with Gasteiger partial charge in [-0.15, -0.1) is 0 Å². The molecular formula is C12H23N3O2S. The second-order valence-electron chi connectivity index (χ2n) is 5.87. The van der Waals surface area contributed by atoms with Crippen LogP contribution in [0.15, 0.2) is 4.99 Å². The lowest BCUT2D eigenvalue weighted by Gasteiger charge is -2.39. The summed E-state index contributed by atoms with van der Waals surface area (Å²) >= 11 is 0. The highest BCUT2D eigenvalue weighted by Crippen LogP contribution is 2.28. The number of sulfone groups is 1. The Morgan fingerprint density at radius 3 is 2.61 bits per heavy atom. The molecule has 0 atom stereocenters. The predicted molar refractivity (Wildman–Crippen MR) is 73.5 cm³/mol. The third-order valence-corrected chi connectivity index (χ3v) is 6.33. The second kappa shape index (κ2) is 4.72. The first kappa shape index (κ1) is 13.6. The number of guanidine groups is 1. The fourth-order valence-electron chi connectivity index (χ4n) is 2.21. The standard InChI is InChI=1S/C12H23N3O2S/c1-12(2)9-15(6-7-18(12,16)17)11(13-3)14-8-10-4-5-10/h10H,4-9H2,1-3H3,(H,13,14). The zero-order valence-corrected chi connectivity index (χ0v) is 12.3. The largest absolute Gasteiger partial charge is 0.356 e. The van der Waals surface area contributed by atoms with Crippen molar-refractivity contribution in [2.75, 3.05) is 32.4 Å². The number of hydrogen-bond donors (Lipinski definition) is 1. The van der Waals surface area contributed by atoms with Crippen LogP contribution in [0.5, 0.6) is 0 Å². The van der Waals surface area contributed by atoms with Crippen molar-refractivity contribution in [3.05, 3.63) is 0 Å². The molecule has 5 nitrogen and oxygen atoms in total. The molecule has 0 bridgehead atoms. The van der Waals surface area contributed by atoms with E-state index in [2.05, 4.69) is 15.2 Å². The van der Waals surface area contributed by atoms with E-state index in [0.717, 1.165) is 18.4 Å². The zero-order chi connectivity index (χ0) is 13.4. The monoisotopic (exact) mass is 273 g/mol. The lowest BCUT2D eigenvalue weighted by molar-refractivity contribution is 0.353. The SMILES string of the molecule is CN=C(NCC1CC1)N1CCS(=O)(=O)C(C)(C)C1. The summed E-state index contributed by atoms with van der Waals surface area (Å²) in [5.41, 5.74) is 0. The summed E-state index contributed by atoms with van der Waals surface area (Å²) in [6.07, 6.45) is 2.59. The Bertz CT molecular complexity index is 438. The van der Waals surface area contributed by atoms with Gasteiger partial charge in [0.15, 0.2) is 15.8 Å². The van der Waals surface area contributed by atoms with Crippen LogP contribution >= 0.6 is 0 Å². The number of nitrogens with zero attached hydrogens (tertiary/aromatic N) is 2. The van der Waals surface area contributed by atoms with Crippen LogP contribution in [0.2, 0.25) is 0 Å². The molecular weight excluding hydrogens is 250 g/mol. The van der Waals surface area contributed by atoms with Gasteiger partial charge in [-0.25, -0.2) is 8.42 Å². The number of hydrogen-bond acceptors (Lipinski definition) is 3. The number of aliphatic imine (C=N–C) groups is 1. The van der Waals surface area contributed by atoms with E-state index >= 15 is 0 Å². The Morgan fingerprint density at radius 1 is 1.44 bits per heavy atom. The molecule has 0 radical (unpaired) electrons. The summed E-state index contributed by atoms with van der Waals surface area (Å²) in [6.45, 7) is 5.59. The molecule has 1 heterocycles. The van der Waals surface area contributed by atoms with E-state index in [1.807, 2.05) is 0 Å². The summed E-state index contributed by atoms with van der Waals surface area (Å²) in [5, 5.41) is 3.35. The third-order valence-electron chi connectivity index (χ3n) is 3.80. The second-order valence-corrected chi connectivity index (χ2v) is 8.61. The molecule has 0 spiro atoms. The van der Waals surface area contributed by atoms with Gasteiger partial charge in [0.2, 0.25) is 0 Å². The van der Waals surface area contributed by atoms with Crippen molar-refractivity contribution in [1.29, 1.82) is 0 Å². The summed E-state index contributed by atoms with van der Waals surface area (Å²) in [4.78, 5) is 6.32.